The number of aliphatic hydroxyl groups is 1. The second kappa shape index (κ2) is 8.64. The van der Waals surface area contributed by atoms with Crippen LogP contribution in [0.2, 0.25) is 0 Å². The third-order valence-electron chi connectivity index (χ3n) is 3.53. The van der Waals surface area contributed by atoms with Gasteiger partial charge in [0.25, 0.3) is 5.22 Å². The van der Waals surface area contributed by atoms with Crippen molar-refractivity contribution >= 4 is 17.5 Å². The molecule has 1 aromatic heterocycles. The van der Waals surface area contributed by atoms with E-state index in [9.17, 15) is 9.90 Å². The van der Waals surface area contributed by atoms with Gasteiger partial charge in [-0.2, -0.15) is 0 Å². The number of aliphatic hydroxyl groups excluding tert-OH is 1. The van der Waals surface area contributed by atoms with Gasteiger partial charge >= 0.3 is 0 Å². The van der Waals surface area contributed by atoms with Gasteiger partial charge in [0.1, 0.15) is 12.4 Å². The molecule has 0 fully saturated rings. The van der Waals surface area contributed by atoms with Gasteiger partial charge in [0.15, 0.2) is 5.78 Å². The number of hydrogen-bond acceptors (Lipinski definition) is 7. The maximum absolute atomic E-state index is 11.2. The molecule has 1 heterocycles. The van der Waals surface area contributed by atoms with Crippen LogP contribution < -0.4 is 4.74 Å². The monoisotopic (exact) mass is 370 g/mol. The summed E-state index contributed by atoms with van der Waals surface area (Å²) in [5.41, 5.74) is 1.48. The minimum Gasteiger partial charge on any atom is -0.491 e. The lowest BCUT2D eigenvalue weighted by Crippen LogP contribution is -2.20. The highest BCUT2D eigenvalue weighted by atomic mass is 32.2. The Morgan fingerprint density at radius 1 is 1.15 bits per heavy atom. The smallest absolute Gasteiger partial charge is 0.276 e. The molecule has 0 aliphatic carbocycles. The molecule has 7 heteroatoms. The minimum absolute atomic E-state index is 0.00224. The van der Waals surface area contributed by atoms with Crippen LogP contribution >= 0.6 is 11.8 Å². The van der Waals surface area contributed by atoms with E-state index in [1.165, 1.54) is 18.7 Å². The van der Waals surface area contributed by atoms with Gasteiger partial charge in [0.2, 0.25) is 5.89 Å². The average Bonchev–Trinajstić information content (AvgIpc) is 3.15. The summed E-state index contributed by atoms with van der Waals surface area (Å²) in [7, 11) is 0. The molecule has 1 atom stereocenters. The number of hydrogen-bond donors (Lipinski definition) is 1. The Morgan fingerprint density at radius 2 is 1.88 bits per heavy atom. The van der Waals surface area contributed by atoms with Gasteiger partial charge in [0.05, 0.1) is 6.10 Å². The zero-order valence-electron chi connectivity index (χ0n) is 14.2. The van der Waals surface area contributed by atoms with Crippen LogP contribution in [0.25, 0.3) is 11.5 Å². The molecule has 0 amide bonds. The number of carbonyl (C=O) groups excluding carboxylic acids is 1. The van der Waals surface area contributed by atoms with E-state index >= 15 is 0 Å². The first-order chi connectivity index (χ1) is 12.6. The molecule has 2 aromatic carbocycles. The van der Waals surface area contributed by atoms with Crippen molar-refractivity contribution < 1.29 is 19.1 Å². The molecule has 0 aliphatic rings. The first-order valence-corrected chi connectivity index (χ1v) is 9.04. The molecule has 6 nitrogen and oxygen atoms in total. The standard InChI is InChI=1S/C19H18N2O4S/c1-13(22)14-7-9-17(10-8-14)24-11-16(23)12-26-19-21-20-18(25-19)15-5-3-2-4-6-15/h2-10,16,23H,11-12H2,1H3/t16-/m1/s1. The van der Waals surface area contributed by atoms with Crippen LogP contribution in [0.1, 0.15) is 17.3 Å². The zero-order valence-corrected chi connectivity index (χ0v) is 15.0. The second-order valence-electron chi connectivity index (χ2n) is 5.60. The molecule has 0 radical (unpaired) electrons. The summed E-state index contributed by atoms with van der Waals surface area (Å²) in [6, 6.07) is 16.3. The Labute approximate surface area is 155 Å². The molecule has 1 N–H and O–H groups in total. The van der Waals surface area contributed by atoms with Crippen LogP contribution in [-0.2, 0) is 0 Å². The van der Waals surface area contributed by atoms with Crippen LogP contribution in [0.15, 0.2) is 64.2 Å². The highest BCUT2D eigenvalue weighted by Gasteiger charge is 2.12. The second-order valence-corrected chi connectivity index (χ2v) is 6.57. The van der Waals surface area contributed by atoms with Crippen molar-refractivity contribution in [3.05, 3.63) is 60.2 Å². The summed E-state index contributed by atoms with van der Waals surface area (Å²) >= 11 is 1.27. The highest BCUT2D eigenvalue weighted by molar-refractivity contribution is 7.99. The third-order valence-corrected chi connectivity index (χ3v) is 4.49. The third kappa shape index (κ3) is 4.93. The quantitative estimate of drug-likeness (QED) is 0.480. The lowest BCUT2D eigenvalue weighted by molar-refractivity contribution is 0.101. The summed E-state index contributed by atoms with van der Waals surface area (Å²) in [6.45, 7) is 1.64. The van der Waals surface area contributed by atoms with Crippen LogP contribution in [-0.4, -0.2) is 39.6 Å². The van der Waals surface area contributed by atoms with E-state index in [0.29, 0.717) is 28.2 Å². The molecule has 134 valence electrons. The Hall–Kier alpha value is -2.64. The number of nitrogens with zero attached hydrogens (tertiary/aromatic N) is 2. The average molecular weight is 370 g/mol. The number of ketones is 1. The normalized spacial score (nSPS) is 11.9. The number of thioether (sulfide) groups is 1. The molecule has 0 aliphatic heterocycles. The lowest BCUT2D eigenvalue weighted by atomic mass is 10.1. The zero-order chi connectivity index (χ0) is 18.4. The Balaban J connectivity index is 1.46. The van der Waals surface area contributed by atoms with Gasteiger partial charge in [-0.3, -0.25) is 4.79 Å². The van der Waals surface area contributed by atoms with Gasteiger partial charge in [-0.25, -0.2) is 0 Å². The van der Waals surface area contributed by atoms with Crippen molar-refractivity contribution in [3.63, 3.8) is 0 Å². The highest BCUT2D eigenvalue weighted by Crippen LogP contribution is 2.23. The lowest BCUT2D eigenvalue weighted by Gasteiger charge is -2.11. The van der Waals surface area contributed by atoms with E-state index in [1.54, 1.807) is 24.3 Å². The molecule has 0 unspecified atom stereocenters. The SMILES string of the molecule is CC(=O)c1ccc(OC[C@@H](O)CSc2nnc(-c3ccccc3)o2)cc1. The van der Waals surface area contributed by atoms with Gasteiger partial charge in [-0.05, 0) is 43.3 Å². The predicted octanol–water partition coefficient (Wildman–Crippen LogP) is 3.47. The molecule has 3 rings (SSSR count). The van der Waals surface area contributed by atoms with Gasteiger partial charge < -0.3 is 14.3 Å². The predicted molar refractivity (Wildman–Crippen MR) is 98.4 cm³/mol. The molecular formula is C19H18N2O4S. The summed E-state index contributed by atoms with van der Waals surface area (Å²) in [6.07, 6.45) is -0.695. The van der Waals surface area contributed by atoms with Crippen molar-refractivity contribution in [1.29, 1.82) is 0 Å². The van der Waals surface area contributed by atoms with Crippen LogP contribution in [0.4, 0.5) is 0 Å². The first kappa shape index (κ1) is 18.2. The van der Waals surface area contributed by atoms with E-state index in [2.05, 4.69) is 10.2 Å². The Bertz CT molecular complexity index is 849. The summed E-state index contributed by atoms with van der Waals surface area (Å²) < 4.78 is 11.1. The minimum atomic E-state index is -0.695. The number of rotatable bonds is 8. The summed E-state index contributed by atoms with van der Waals surface area (Å²) in [5, 5.41) is 18.4. The number of Topliss-reactive ketones (excluding diaryl/α,β-unsaturated/α-hetero) is 1. The topological polar surface area (TPSA) is 85.5 Å². The number of aromatic nitrogens is 2. The van der Waals surface area contributed by atoms with E-state index in [0.717, 1.165) is 5.56 Å². The van der Waals surface area contributed by atoms with E-state index in [-0.39, 0.29) is 12.4 Å². The van der Waals surface area contributed by atoms with Crippen molar-refractivity contribution in [2.45, 2.75) is 18.3 Å². The fourth-order valence-electron chi connectivity index (χ4n) is 2.16. The van der Waals surface area contributed by atoms with E-state index in [1.807, 2.05) is 30.3 Å². The van der Waals surface area contributed by atoms with Crippen molar-refractivity contribution in [2.75, 3.05) is 12.4 Å². The van der Waals surface area contributed by atoms with Gasteiger partial charge in [-0.1, -0.05) is 30.0 Å². The maximum atomic E-state index is 11.2. The maximum Gasteiger partial charge on any atom is 0.276 e. The molecule has 0 saturated heterocycles. The van der Waals surface area contributed by atoms with Crippen LogP contribution in [0.5, 0.6) is 5.75 Å². The van der Waals surface area contributed by atoms with Crippen molar-refractivity contribution in [3.8, 4) is 17.2 Å². The molecule has 0 spiro atoms. The van der Waals surface area contributed by atoms with Gasteiger partial charge in [-0.15, -0.1) is 10.2 Å². The molecule has 3 aromatic rings. The fraction of sp³-hybridized carbons (Fsp3) is 0.211. The molecule has 0 saturated carbocycles. The number of benzene rings is 2. The number of carbonyl (C=O) groups is 1. The summed E-state index contributed by atoms with van der Waals surface area (Å²) in [4.78, 5) is 11.2. The Kier molecular flexibility index (Phi) is 6.04. The largest absolute Gasteiger partial charge is 0.491 e. The van der Waals surface area contributed by atoms with Crippen molar-refractivity contribution in [1.82, 2.24) is 10.2 Å². The van der Waals surface area contributed by atoms with Crippen LogP contribution in [0, 0.1) is 0 Å². The van der Waals surface area contributed by atoms with E-state index in [4.69, 9.17) is 9.15 Å². The molecular weight excluding hydrogens is 352 g/mol. The first-order valence-electron chi connectivity index (χ1n) is 8.05. The van der Waals surface area contributed by atoms with Gasteiger partial charge in [0, 0.05) is 16.9 Å². The van der Waals surface area contributed by atoms with Crippen LogP contribution in [0.3, 0.4) is 0 Å². The Morgan fingerprint density at radius 3 is 2.58 bits per heavy atom. The molecule has 26 heavy (non-hydrogen) atoms. The molecule has 0 bridgehead atoms. The summed E-state index contributed by atoms with van der Waals surface area (Å²) in [5.74, 6) is 1.41. The van der Waals surface area contributed by atoms with E-state index < -0.39 is 6.10 Å². The fourth-order valence-corrected chi connectivity index (χ4v) is 2.83. The van der Waals surface area contributed by atoms with Crippen molar-refractivity contribution in [2.24, 2.45) is 0 Å². The number of ether oxygens (including phenoxy) is 1.